The Kier molecular flexibility index (Phi) is 5.91. The molecule has 0 fully saturated rings. The third-order valence-electron chi connectivity index (χ3n) is 3.77. The molecule has 0 aliphatic carbocycles. The summed E-state index contributed by atoms with van der Waals surface area (Å²) in [7, 11) is 0. The Labute approximate surface area is 133 Å². The van der Waals surface area contributed by atoms with Gasteiger partial charge < -0.3 is 0 Å². The highest BCUT2D eigenvalue weighted by atomic mass is 16.1. The van der Waals surface area contributed by atoms with Crippen molar-refractivity contribution in [1.82, 2.24) is 0 Å². The van der Waals surface area contributed by atoms with E-state index in [1.165, 1.54) is 5.56 Å². The van der Waals surface area contributed by atoms with Crippen molar-refractivity contribution in [3.8, 4) is 0 Å². The zero-order valence-corrected chi connectivity index (χ0v) is 13.2. The largest absolute Gasteiger partial charge is 0.290 e. The molecule has 1 unspecified atom stereocenters. The van der Waals surface area contributed by atoms with Gasteiger partial charge in [-0.3, -0.25) is 4.79 Å². The number of benzene rings is 2. The van der Waals surface area contributed by atoms with Crippen LogP contribution in [-0.2, 0) is 4.79 Å². The SMILES string of the molecule is CCC(C)c1cccc(/C=C/C(=O)/C=C/c2ccccc2)c1. The molecule has 1 atom stereocenters. The predicted molar refractivity (Wildman–Crippen MR) is 94.7 cm³/mol. The molecule has 0 saturated carbocycles. The molecule has 0 aliphatic rings. The van der Waals surface area contributed by atoms with Gasteiger partial charge in [-0.2, -0.15) is 0 Å². The molecular weight excluding hydrogens is 268 g/mol. The van der Waals surface area contributed by atoms with Gasteiger partial charge in [0.15, 0.2) is 5.78 Å². The van der Waals surface area contributed by atoms with E-state index >= 15 is 0 Å². The predicted octanol–water partition coefficient (Wildman–Crippen LogP) is 5.50. The Morgan fingerprint density at radius 2 is 1.59 bits per heavy atom. The molecular formula is C21H22O. The highest BCUT2D eigenvalue weighted by Crippen LogP contribution is 2.20. The molecule has 1 heteroatoms. The van der Waals surface area contributed by atoms with Crippen LogP contribution in [0, 0.1) is 0 Å². The van der Waals surface area contributed by atoms with Crippen molar-refractivity contribution in [1.29, 1.82) is 0 Å². The normalized spacial score (nSPS) is 12.8. The Morgan fingerprint density at radius 1 is 0.955 bits per heavy atom. The highest BCUT2D eigenvalue weighted by Gasteiger charge is 2.02. The fourth-order valence-electron chi connectivity index (χ4n) is 2.18. The van der Waals surface area contributed by atoms with E-state index < -0.39 is 0 Å². The van der Waals surface area contributed by atoms with E-state index in [0.29, 0.717) is 5.92 Å². The first-order valence-electron chi connectivity index (χ1n) is 7.74. The van der Waals surface area contributed by atoms with Crippen LogP contribution in [0.5, 0.6) is 0 Å². The molecule has 0 saturated heterocycles. The van der Waals surface area contributed by atoms with Crippen molar-refractivity contribution in [2.24, 2.45) is 0 Å². The monoisotopic (exact) mass is 290 g/mol. The molecule has 0 heterocycles. The van der Waals surface area contributed by atoms with Crippen molar-refractivity contribution in [2.45, 2.75) is 26.2 Å². The summed E-state index contributed by atoms with van der Waals surface area (Å²) < 4.78 is 0. The van der Waals surface area contributed by atoms with Crippen LogP contribution < -0.4 is 0 Å². The number of hydrogen-bond donors (Lipinski definition) is 0. The number of rotatable bonds is 6. The minimum atomic E-state index is -0.00204. The molecule has 0 aliphatic heterocycles. The first kappa shape index (κ1) is 16.0. The van der Waals surface area contributed by atoms with E-state index in [1.807, 2.05) is 54.6 Å². The fraction of sp³-hybridized carbons (Fsp3) is 0.190. The van der Waals surface area contributed by atoms with Gasteiger partial charge in [-0.15, -0.1) is 0 Å². The number of hydrogen-bond acceptors (Lipinski definition) is 1. The van der Waals surface area contributed by atoms with Gasteiger partial charge in [0.05, 0.1) is 0 Å². The first-order chi connectivity index (χ1) is 10.7. The summed E-state index contributed by atoms with van der Waals surface area (Å²) in [5.74, 6) is 0.542. The van der Waals surface area contributed by atoms with Crippen LogP contribution >= 0.6 is 0 Å². The van der Waals surface area contributed by atoms with Crippen LogP contribution in [0.15, 0.2) is 66.7 Å². The Bertz CT molecular complexity index is 665. The highest BCUT2D eigenvalue weighted by molar-refractivity contribution is 6.04. The molecule has 2 rings (SSSR count). The van der Waals surface area contributed by atoms with Gasteiger partial charge in [0, 0.05) is 0 Å². The summed E-state index contributed by atoms with van der Waals surface area (Å²) in [6.45, 7) is 4.40. The van der Waals surface area contributed by atoms with E-state index in [-0.39, 0.29) is 5.78 Å². The van der Waals surface area contributed by atoms with Gasteiger partial charge in [-0.25, -0.2) is 0 Å². The van der Waals surface area contributed by atoms with Crippen LogP contribution in [0.3, 0.4) is 0 Å². The third kappa shape index (κ3) is 4.85. The summed E-state index contributed by atoms with van der Waals surface area (Å²) in [5, 5.41) is 0. The van der Waals surface area contributed by atoms with Crippen LogP contribution in [0.4, 0.5) is 0 Å². The van der Waals surface area contributed by atoms with E-state index in [1.54, 1.807) is 12.2 Å². The number of carbonyl (C=O) groups excluding carboxylic acids is 1. The lowest BCUT2D eigenvalue weighted by Gasteiger charge is -2.09. The van der Waals surface area contributed by atoms with Gasteiger partial charge in [-0.1, -0.05) is 80.6 Å². The van der Waals surface area contributed by atoms with E-state index in [4.69, 9.17) is 0 Å². The molecule has 0 spiro atoms. The van der Waals surface area contributed by atoms with Crippen molar-refractivity contribution in [2.75, 3.05) is 0 Å². The third-order valence-corrected chi connectivity index (χ3v) is 3.77. The van der Waals surface area contributed by atoms with Crippen molar-refractivity contribution in [3.05, 3.63) is 83.4 Å². The molecule has 2 aromatic carbocycles. The van der Waals surface area contributed by atoms with Crippen LogP contribution in [0.25, 0.3) is 12.2 Å². The van der Waals surface area contributed by atoms with Gasteiger partial charge in [0.25, 0.3) is 0 Å². The van der Waals surface area contributed by atoms with Crippen LogP contribution in [-0.4, -0.2) is 5.78 Å². The quantitative estimate of drug-likeness (QED) is 0.642. The van der Waals surface area contributed by atoms with Crippen molar-refractivity contribution >= 4 is 17.9 Å². The van der Waals surface area contributed by atoms with Gasteiger partial charge in [0.1, 0.15) is 0 Å². The van der Waals surface area contributed by atoms with E-state index in [9.17, 15) is 4.79 Å². The smallest absolute Gasteiger partial charge is 0.178 e. The lowest BCUT2D eigenvalue weighted by Crippen LogP contribution is -1.91. The number of carbonyl (C=O) groups is 1. The number of ketones is 1. The minimum absolute atomic E-state index is 0.00204. The average Bonchev–Trinajstić information content (AvgIpc) is 2.58. The Hall–Kier alpha value is -2.41. The van der Waals surface area contributed by atoms with E-state index in [0.717, 1.165) is 17.5 Å². The van der Waals surface area contributed by atoms with Crippen molar-refractivity contribution in [3.63, 3.8) is 0 Å². The summed E-state index contributed by atoms with van der Waals surface area (Å²) in [4.78, 5) is 11.9. The van der Waals surface area contributed by atoms with Gasteiger partial charge in [-0.05, 0) is 41.2 Å². The molecule has 0 amide bonds. The first-order valence-corrected chi connectivity index (χ1v) is 7.74. The molecule has 0 aromatic heterocycles. The van der Waals surface area contributed by atoms with Crippen LogP contribution in [0.1, 0.15) is 42.9 Å². The summed E-state index contributed by atoms with van der Waals surface area (Å²) in [6, 6.07) is 18.2. The van der Waals surface area contributed by atoms with Gasteiger partial charge in [0.2, 0.25) is 0 Å². The van der Waals surface area contributed by atoms with Crippen LogP contribution in [0.2, 0.25) is 0 Å². The summed E-state index contributed by atoms with van der Waals surface area (Å²) in [6.07, 6.45) is 8.05. The standard InChI is InChI=1S/C21H22O/c1-3-17(2)20-11-7-10-19(16-20)13-15-21(22)14-12-18-8-5-4-6-9-18/h4-17H,3H2,1-2H3/b14-12+,15-13+. The Morgan fingerprint density at radius 3 is 2.27 bits per heavy atom. The summed E-state index contributed by atoms with van der Waals surface area (Å²) in [5.41, 5.74) is 3.42. The topological polar surface area (TPSA) is 17.1 Å². The maximum absolute atomic E-state index is 11.9. The second-order valence-corrected chi connectivity index (χ2v) is 5.46. The second-order valence-electron chi connectivity index (χ2n) is 5.46. The minimum Gasteiger partial charge on any atom is -0.290 e. The maximum atomic E-state index is 11.9. The zero-order valence-electron chi connectivity index (χ0n) is 13.2. The van der Waals surface area contributed by atoms with Gasteiger partial charge >= 0.3 is 0 Å². The molecule has 0 N–H and O–H groups in total. The Balaban J connectivity index is 2.02. The zero-order chi connectivity index (χ0) is 15.8. The summed E-state index contributed by atoms with van der Waals surface area (Å²) >= 11 is 0. The second kappa shape index (κ2) is 8.14. The lowest BCUT2D eigenvalue weighted by molar-refractivity contribution is -0.110. The maximum Gasteiger partial charge on any atom is 0.178 e. The lowest BCUT2D eigenvalue weighted by atomic mass is 9.97. The molecule has 2 aromatic rings. The average molecular weight is 290 g/mol. The number of allylic oxidation sites excluding steroid dienone is 2. The molecule has 0 radical (unpaired) electrons. The molecule has 22 heavy (non-hydrogen) atoms. The molecule has 0 bridgehead atoms. The molecule has 112 valence electrons. The fourth-order valence-corrected chi connectivity index (χ4v) is 2.18. The molecule has 1 nitrogen and oxygen atoms in total. The van der Waals surface area contributed by atoms with E-state index in [2.05, 4.69) is 26.0 Å². The van der Waals surface area contributed by atoms with Crippen molar-refractivity contribution < 1.29 is 4.79 Å².